The summed E-state index contributed by atoms with van der Waals surface area (Å²) < 4.78 is 25.6. The van der Waals surface area contributed by atoms with E-state index in [2.05, 4.69) is 15.9 Å². The Bertz CT molecular complexity index is 699. The molecule has 2 aromatic rings. The molecule has 0 N–H and O–H groups in total. The van der Waals surface area contributed by atoms with E-state index in [-0.39, 0.29) is 13.3 Å². The van der Waals surface area contributed by atoms with Crippen molar-refractivity contribution in [1.82, 2.24) is 4.57 Å². The standard InChI is InChI=1S/C13H9BrFNO3/c14-9-4-10(15)13(17)16(6-9)5-8-1-2-11-12(3-8)19-7-18-11/h1-4,6H,5,7H2. The smallest absolute Gasteiger partial charge is 0.286 e. The molecule has 1 aromatic carbocycles. The summed E-state index contributed by atoms with van der Waals surface area (Å²) in [6, 6.07) is 6.53. The van der Waals surface area contributed by atoms with Crippen LogP contribution in [0.15, 0.2) is 39.7 Å². The maximum atomic E-state index is 13.4. The van der Waals surface area contributed by atoms with E-state index in [1.54, 1.807) is 18.3 Å². The van der Waals surface area contributed by atoms with Gasteiger partial charge in [0.15, 0.2) is 17.3 Å². The van der Waals surface area contributed by atoms with Crippen LogP contribution in [0.1, 0.15) is 5.56 Å². The lowest BCUT2D eigenvalue weighted by Gasteiger charge is -2.07. The fourth-order valence-corrected chi connectivity index (χ4v) is 2.37. The van der Waals surface area contributed by atoms with Crippen LogP contribution in [0.4, 0.5) is 4.39 Å². The van der Waals surface area contributed by atoms with Gasteiger partial charge in [0.25, 0.3) is 5.56 Å². The van der Waals surface area contributed by atoms with Gasteiger partial charge < -0.3 is 14.0 Å². The lowest BCUT2D eigenvalue weighted by Crippen LogP contribution is -2.22. The van der Waals surface area contributed by atoms with Gasteiger partial charge >= 0.3 is 0 Å². The lowest BCUT2D eigenvalue weighted by atomic mass is 10.2. The zero-order valence-electron chi connectivity index (χ0n) is 9.73. The van der Waals surface area contributed by atoms with E-state index < -0.39 is 11.4 Å². The van der Waals surface area contributed by atoms with Crippen LogP contribution in [0.5, 0.6) is 11.5 Å². The van der Waals surface area contributed by atoms with Gasteiger partial charge in [-0.25, -0.2) is 4.39 Å². The molecule has 0 saturated heterocycles. The maximum absolute atomic E-state index is 13.4. The summed E-state index contributed by atoms with van der Waals surface area (Å²) >= 11 is 3.17. The molecule has 0 bridgehead atoms. The number of hydrogen-bond acceptors (Lipinski definition) is 3. The molecule has 1 aliphatic rings. The Labute approximate surface area is 116 Å². The number of ether oxygens (including phenoxy) is 2. The predicted octanol–water partition coefficient (Wildman–Crippen LogP) is 2.53. The van der Waals surface area contributed by atoms with Crippen molar-refractivity contribution in [2.45, 2.75) is 6.54 Å². The number of pyridine rings is 1. The highest BCUT2D eigenvalue weighted by molar-refractivity contribution is 9.10. The van der Waals surface area contributed by atoms with Gasteiger partial charge in [0.1, 0.15) is 0 Å². The minimum atomic E-state index is -0.782. The van der Waals surface area contributed by atoms with Crippen LogP contribution in [0.2, 0.25) is 0 Å². The minimum Gasteiger partial charge on any atom is -0.454 e. The zero-order chi connectivity index (χ0) is 13.4. The van der Waals surface area contributed by atoms with E-state index in [9.17, 15) is 9.18 Å². The highest BCUT2D eigenvalue weighted by Gasteiger charge is 2.14. The van der Waals surface area contributed by atoms with Crippen LogP contribution in [0, 0.1) is 5.82 Å². The maximum Gasteiger partial charge on any atom is 0.286 e. The molecule has 0 unspecified atom stereocenters. The van der Waals surface area contributed by atoms with Crippen LogP contribution in [0.3, 0.4) is 0 Å². The van der Waals surface area contributed by atoms with E-state index in [4.69, 9.17) is 9.47 Å². The van der Waals surface area contributed by atoms with Gasteiger partial charge in [0.2, 0.25) is 6.79 Å². The fraction of sp³-hybridized carbons (Fsp3) is 0.154. The zero-order valence-corrected chi connectivity index (χ0v) is 11.3. The topological polar surface area (TPSA) is 40.5 Å². The first-order chi connectivity index (χ1) is 9.13. The summed E-state index contributed by atoms with van der Waals surface area (Å²) in [5.41, 5.74) is 0.185. The first kappa shape index (κ1) is 12.2. The van der Waals surface area contributed by atoms with Crippen molar-refractivity contribution in [2.24, 2.45) is 0 Å². The molecule has 1 aromatic heterocycles. The number of nitrogens with zero attached hydrogens (tertiary/aromatic N) is 1. The van der Waals surface area contributed by atoms with Crippen molar-refractivity contribution in [3.63, 3.8) is 0 Å². The Kier molecular flexibility index (Phi) is 3.02. The van der Waals surface area contributed by atoms with Gasteiger partial charge in [-0.3, -0.25) is 4.79 Å². The summed E-state index contributed by atoms with van der Waals surface area (Å²) in [5.74, 6) is 0.535. The van der Waals surface area contributed by atoms with Gasteiger partial charge in [-0.2, -0.15) is 0 Å². The molecule has 19 heavy (non-hydrogen) atoms. The molecule has 3 rings (SSSR count). The Morgan fingerprint density at radius 2 is 2.05 bits per heavy atom. The number of hydrogen-bond donors (Lipinski definition) is 0. The lowest BCUT2D eigenvalue weighted by molar-refractivity contribution is 0.174. The highest BCUT2D eigenvalue weighted by atomic mass is 79.9. The first-order valence-corrected chi connectivity index (χ1v) is 6.37. The van der Waals surface area contributed by atoms with Crippen molar-refractivity contribution in [3.05, 3.63) is 56.7 Å². The summed E-state index contributed by atoms with van der Waals surface area (Å²) in [5, 5.41) is 0. The van der Waals surface area contributed by atoms with Crippen molar-refractivity contribution in [2.75, 3.05) is 6.79 Å². The van der Waals surface area contributed by atoms with Crippen LogP contribution < -0.4 is 15.0 Å². The van der Waals surface area contributed by atoms with Gasteiger partial charge in [0, 0.05) is 10.7 Å². The second kappa shape index (κ2) is 4.70. The molecule has 2 heterocycles. The molecule has 0 aliphatic carbocycles. The molecule has 6 heteroatoms. The molecule has 1 aliphatic heterocycles. The fourth-order valence-electron chi connectivity index (χ4n) is 1.92. The second-order valence-corrected chi connectivity index (χ2v) is 5.04. The molecule has 0 radical (unpaired) electrons. The number of aromatic nitrogens is 1. The number of benzene rings is 1. The summed E-state index contributed by atoms with van der Waals surface area (Å²) in [4.78, 5) is 11.7. The highest BCUT2D eigenvalue weighted by Crippen LogP contribution is 2.32. The monoisotopic (exact) mass is 325 g/mol. The van der Waals surface area contributed by atoms with Gasteiger partial charge in [-0.05, 0) is 39.7 Å². The van der Waals surface area contributed by atoms with Crippen LogP contribution in [0.25, 0.3) is 0 Å². The van der Waals surface area contributed by atoms with E-state index in [0.29, 0.717) is 16.0 Å². The average Bonchev–Trinajstić information content (AvgIpc) is 2.82. The average molecular weight is 326 g/mol. The number of rotatable bonds is 2. The predicted molar refractivity (Wildman–Crippen MR) is 70.0 cm³/mol. The molecular formula is C13H9BrFNO3. The second-order valence-electron chi connectivity index (χ2n) is 4.13. The van der Waals surface area contributed by atoms with Crippen molar-refractivity contribution in [3.8, 4) is 11.5 Å². The largest absolute Gasteiger partial charge is 0.454 e. The third-order valence-electron chi connectivity index (χ3n) is 2.80. The van der Waals surface area contributed by atoms with Gasteiger partial charge in [0.05, 0.1) is 6.54 Å². The molecule has 4 nitrogen and oxygen atoms in total. The molecule has 0 fully saturated rings. The van der Waals surface area contributed by atoms with Crippen LogP contribution in [-0.4, -0.2) is 11.4 Å². The molecule has 0 saturated carbocycles. The van der Waals surface area contributed by atoms with E-state index in [0.717, 1.165) is 11.6 Å². The Balaban J connectivity index is 1.96. The molecule has 0 spiro atoms. The Morgan fingerprint density at radius 3 is 2.89 bits per heavy atom. The van der Waals surface area contributed by atoms with Gasteiger partial charge in [-0.15, -0.1) is 0 Å². The third-order valence-corrected chi connectivity index (χ3v) is 3.23. The van der Waals surface area contributed by atoms with E-state index in [1.165, 1.54) is 4.57 Å². The van der Waals surface area contributed by atoms with Crippen molar-refractivity contribution < 1.29 is 13.9 Å². The molecule has 0 atom stereocenters. The van der Waals surface area contributed by atoms with Gasteiger partial charge in [-0.1, -0.05) is 6.07 Å². The van der Waals surface area contributed by atoms with Crippen molar-refractivity contribution >= 4 is 15.9 Å². The SMILES string of the molecule is O=c1c(F)cc(Br)cn1Cc1ccc2c(c1)OCO2. The summed E-state index contributed by atoms with van der Waals surface area (Å²) in [6.45, 7) is 0.468. The van der Waals surface area contributed by atoms with Crippen molar-refractivity contribution in [1.29, 1.82) is 0 Å². The third kappa shape index (κ3) is 2.35. The van der Waals surface area contributed by atoms with E-state index >= 15 is 0 Å². The van der Waals surface area contributed by atoms with Crippen LogP contribution in [-0.2, 0) is 6.54 Å². The molecule has 98 valence electrons. The first-order valence-electron chi connectivity index (χ1n) is 5.57. The number of fused-ring (bicyclic) bond motifs is 1. The number of halogens is 2. The Morgan fingerprint density at radius 1 is 1.26 bits per heavy atom. The quantitative estimate of drug-likeness (QED) is 0.851. The summed E-state index contributed by atoms with van der Waals surface area (Å²) in [6.07, 6.45) is 1.55. The molecule has 0 amide bonds. The molecular weight excluding hydrogens is 317 g/mol. The normalized spacial score (nSPS) is 12.7. The Hall–Kier alpha value is -1.82. The minimum absolute atomic E-state index is 0.199. The van der Waals surface area contributed by atoms with Crippen LogP contribution >= 0.6 is 15.9 Å². The summed E-state index contributed by atoms with van der Waals surface area (Å²) in [7, 11) is 0. The van der Waals surface area contributed by atoms with E-state index in [1.807, 2.05) is 6.07 Å².